The minimum absolute atomic E-state index is 0.0475. The zero-order valence-corrected chi connectivity index (χ0v) is 17.4. The number of rotatable bonds is 7. The van der Waals surface area contributed by atoms with Crippen LogP contribution in [-0.4, -0.2) is 31.2 Å². The maximum absolute atomic E-state index is 12.4. The Morgan fingerprint density at radius 2 is 1.75 bits per heavy atom. The molecule has 8 heteroatoms. The number of anilines is 1. The number of methoxy groups -OCH3 is 1. The lowest BCUT2D eigenvalue weighted by Gasteiger charge is -2.16. The summed E-state index contributed by atoms with van der Waals surface area (Å²) < 4.78 is 16.1. The van der Waals surface area contributed by atoms with Gasteiger partial charge in [0.25, 0.3) is 5.91 Å². The van der Waals surface area contributed by atoms with E-state index in [0.717, 1.165) is 0 Å². The molecule has 0 radical (unpaired) electrons. The fourth-order valence-electron chi connectivity index (χ4n) is 2.26. The molecule has 0 fully saturated rings. The Kier molecular flexibility index (Phi) is 7.54. The van der Waals surface area contributed by atoms with Crippen molar-refractivity contribution in [2.24, 2.45) is 0 Å². The summed E-state index contributed by atoms with van der Waals surface area (Å²) in [4.78, 5) is 24.7. The monoisotopic (exact) mass is 425 g/mol. The summed E-state index contributed by atoms with van der Waals surface area (Å²) >= 11 is 12.0. The third-order valence-electron chi connectivity index (χ3n) is 3.62. The van der Waals surface area contributed by atoms with Crippen LogP contribution in [0.2, 0.25) is 10.0 Å². The quantitative estimate of drug-likeness (QED) is 0.633. The Balaban J connectivity index is 2.07. The molecular weight excluding hydrogens is 405 g/mol. The highest BCUT2D eigenvalue weighted by Crippen LogP contribution is 2.30. The number of amides is 1. The molecule has 1 atom stereocenters. The first-order valence-electron chi connectivity index (χ1n) is 8.53. The molecule has 1 unspecified atom stereocenters. The van der Waals surface area contributed by atoms with Crippen molar-refractivity contribution in [2.75, 3.05) is 12.4 Å². The molecule has 0 bridgehead atoms. The van der Waals surface area contributed by atoms with Crippen LogP contribution in [0.15, 0.2) is 36.4 Å². The lowest BCUT2D eigenvalue weighted by Crippen LogP contribution is -2.30. The van der Waals surface area contributed by atoms with E-state index in [9.17, 15) is 9.59 Å². The maximum atomic E-state index is 12.4. The number of nitrogens with one attached hydrogen (secondary N) is 1. The molecule has 0 aromatic heterocycles. The van der Waals surface area contributed by atoms with E-state index in [1.807, 2.05) is 13.8 Å². The van der Waals surface area contributed by atoms with Gasteiger partial charge in [0.2, 0.25) is 0 Å². The zero-order valence-electron chi connectivity index (χ0n) is 15.9. The van der Waals surface area contributed by atoms with Gasteiger partial charge in [0.05, 0.1) is 34.5 Å². The summed E-state index contributed by atoms with van der Waals surface area (Å²) in [6.07, 6.45) is -1.10. The SMILES string of the molecule is COc1cc(C(=O)OC(C)C(=O)Nc2cccc(Cl)c2Cl)ccc1OC(C)C. The maximum Gasteiger partial charge on any atom is 0.339 e. The molecule has 0 heterocycles. The van der Waals surface area contributed by atoms with Crippen LogP contribution in [0, 0.1) is 0 Å². The van der Waals surface area contributed by atoms with Crippen molar-refractivity contribution in [2.45, 2.75) is 33.0 Å². The van der Waals surface area contributed by atoms with Gasteiger partial charge in [0, 0.05) is 0 Å². The standard InChI is InChI=1S/C20H21Cl2NO5/c1-11(2)27-16-9-8-13(10-17(16)26-4)20(25)28-12(3)19(24)23-15-7-5-6-14(21)18(15)22/h5-12H,1-4H3,(H,23,24). The van der Waals surface area contributed by atoms with Crippen molar-refractivity contribution in [3.8, 4) is 11.5 Å². The van der Waals surface area contributed by atoms with Gasteiger partial charge < -0.3 is 19.5 Å². The Hall–Kier alpha value is -2.44. The summed E-state index contributed by atoms with van der Waals surface area (Å²) in [6, 6.07) is 9.50. The van der Waals surface area contributed by atoms with Gasteiger partial charge in [-0.3, -0.25) is 4.79 Å². The minimum Gasteiger partial charge on any atom is -0.493 e. The Bertz CT molecular complexity index is 870. The summed E-state index contributed by atoms with van der Waals surface area (Å²) in [5.41, 5.74) is 0.562. The first kappa shape index (κ1) is 21.9. The molecule has 0 saturated heterocycles. The van der Waals surface area contributed by atoms with Gasteiger partial charge in [-0.05, 0) is 51.1 Å². The highest BCUT2D eigenvalue weighted by atomic mass is 35.5. The molecule has 0 spiro atoms. The lowest BCUT2D eigenvalue weighted by atomic mass is 10.2. The second kappa shape index (κ2) is 9.66. The number of ether oxygens (including phenoxy) is 3. The average molecular weight is 426 g/mol. The fourth-order valence-corrected chi connectivity index (χ4v) is 2.61. The van der Waals surface area contributed by atoms with Gasteiger partial charge in [-0.15, -0.1) is 0 Å². The number of benzene rings is 2. The molecule has 2 aromatic rings. The van der Waals surface area contributed by atoms with Gasteiger partial charge in [-0.25, -0.2) is 4.79 Å². The molecule has 2 rings (SSSR count). The first-order valence-corrected chi connectivity index (χ1v) is 9.29. The lowest BCUT2D eigenvalue weighted by molar-refractivity contribution is -0.123. The Labute approximate surface area is 173 Å². The molecule has 0 saturated carbocycles. The molecule has 6 nitrogen and oxygen atoms in total. The van der Waals surface area contributed by atoms with Crippen molar-refractivity contribution in [1.82, 2.24) is 0 Å². The molecule has 1 amide bonds. The number of esters is 1. The van der Waals surface area contributed by atoms with Crippen LogP contribution >= 0.6 is 23.2 Å². The van der Waals surface area contributed by atoms with Crippen molar-refractivity contribution < 1.29 is 23.8 Å². The molecule has 0 aliphatic rings. The normalized spacial score (nSPS) is 11.7. The second-order valence-corrected chi connectivity index (χ2v) is 6.96. The molecule has 150 valence electrons. The molecule has 28 heavy (non-hydrogen) atoms. The summed E-state index contributed by atoms with van der Waals surface area (Å²) in [7, 11) is 1.47. The largest absolute Gasteiger partial charge is 0.493 e. The van der Waals surface area contributed by atoms with Crippen LogP contribution in [-0.2, 0) is 9.53 Å². The van der Waals surface area contributed by atoms with Crippen molar-refractivity contribution >= 4 is 40.8 Å². The number of hydrogen-bond donors (Lipinski definition) is 1. The first-order chi connectivity index (χ1) is 13.2. The molecule has 2 aromatic carbocycles. The van der Waals surface area contributed by atoms with Gasteiger partial charge in [0.15, 0.2) is 17.6 Å². The van der Waals surface area contributed by atoms with Crippen LogP contribution in [0.4, 0.5) is 5.69 Å². The van der Waals surface area contributed by atoms with Crippen LogP contribution in [0.5, 0.6) is 11.5 Å². The molecule has 1 N–H and O–H groups in total. The van der Waals surface area contributed by atoms with Crippen LogP contribution in [0.25, 0.3) is 0 Å². The Morgan fingerprint density at radius 1 is 1.04 bits per heavy atom. The van der Waals surface area contributed by atoms with E-state index < -0.39 is 18.0 Å². The van der Waals surface area contributed by atoms with Crippen LogP contribution in [0.3, 0.4) is 0 Å². The van der Waals surface area contributed by atoms with Crippen molar-refractivity contribution in [3.63, 3.8) is 0 Å². The predicted octanol–water partition coefficient (Wildman–Crippen LogP) is 4.97. The Morgan fingerprint density at radius 3 is 2.39 bits per heavy atom. The van der Waals surface area contributed by atoms with Crippen LogP contribution < -0.4 is 14.8 Å². The van der Waals surface area contributed by atoms with Gasteiger partial charge in [0.1, 0.15) is 0 Å². The number of halogens is 2. The topological polar surface area (TPSA) is 73.9 Å². The summed E-state index contributed by atoms with van der Waals surface area (Å²) in [5, 5.41) is 3.10. The third-order valence-corrected chi connectivity index (χ3v) is 4.44. The van der Waals surface area contributed by atoms with Crippen molar-refractivity contribution in [3.05, 3.63) is 52.0 Å². The second-order valence-electron chi connectivity index (χ2n) is 6.17. The highest BCUT2D eigenvalue weighted by molar-refractivity contribution is 6.44. The van der Waals surface area contributed by atoms with E-state index in [2.05, 4.69) is 5.32 Å². The van der Waals surface area contributed by atoms with Gasteiger partial charge in [-0.2, -0.15) is 0 Å². The van der Waals surface area contributed by atoms with E-state index in [1.54, 1.807) is 30.3 Å². The van der Waals surface area contributed by atoms with Crippen LogP contribution in [0.1, 0.15) is 31.1 Å². The van der Waals surface area contributed by atoms with E-state index in [-0.39, 0.29) is 16.7 Å². The summed E-state index contributed by atoms with van der Waals surface area (Å²) in [6.45, 7) is 5.22. The fraction of sp³-hybridized carbons (Fsp3) is 0.300. The van der Waals surface area contributed by atoms with Gasteiger partial charge >= 0.3 is 5.97 Å². The molecule has 0 aliphatic heterocycles. The van der Waals surface area contributed by atoms with E-state index in [0.29, 0.717) is 22.2 Å². The van der Waals surface area contributed by atoms with Crippen molar-refractivity contribution in [1.29, 1.82) is 0 Å². The number of hydrogen-bond acceptors (Lipinski definition) is 5. The molecule has 0 aliphatic carbocycles. The highest BCUT2D eigenvalue weighted by Gasteiger charge is 2.21. The summed E-state index contributed by atoms with van der Waals surface area (Å²) in [5.74, 6) is -0.306. The smallest absolute Gasteiger partial charge is 0.339 e. The van der Waals surface area contributed by atoms with E-state index >= 15 is 0 Å². The zero-order chi connectivity index (χ0) is 20.8. The number of carbonyl (C=O) groups excluding carboxylic acids is 2. The number of carbonyl (C=O) groups is 2. The minimum atomic E-state index is -1.06. The predicted molar refractivity (Wildman–Crippen MR) is 109 cm³/mol. The van der Waals surface area contributed by atoms with E-state index in [1.165, 1.54) is 20.1 Å². The average Bonchev–Trinajstić information content (AvgIpc) is 2.65. The van der Waals surface area contributed by atoms with Gasteiger partial charge in [-0.1, -0.05) is 29.3 Å². The van der Waals surface area contributed by atoms with E-state index in [4.69, 9.17) is 37.4 Å². The molecular formula is C20H21Cl2NO5. The third kappa shape index (κ3) is 5.53.